The van der Waals surface area contributed by atoms with E-state index in [2.05, 4.69) is 90.3 Å². The fourth-order valence-corrected chi connectivity index (χ4v) is 21.9. The van der Waals surface area contributed by atoms with E-state index in [0.29, 0.717) is 4.22 Å². The number of hydrogen-bond donors (Lipinski definition) is 0. The van der Waals surface area contributed by atoms with Crippen molar-refractivity contribution in [3.63, 3.8) is 0 Å². The second kappa shape index (κ2) is 5.42. The fraction of sp³-hybridized carbons (Fsp3) is 0.273. The Bertz CT molecular complexity index is 828. The monoisotopic (exact) mass is 367 g/mol. The Morgan fingerprint density at radius 1 is 0.875 bits per heavy atom. The molecule has 0 radical (unpaired) electrons. The molecule has 2 aromatic rings. The van der Waals surface area contributed by atoms with Gasteiger partial charge in [-0.2, -0.15) is 0 Å². The van der Waals surface area contributed by atoms with Gasteiger partial charge in [0.25, 0.3) is 0 Å². The molecule has 24 heavy (non-hydrogen) atoms. The van der Waals surface area contributed by atoms with Crippen molar-refractivity contribution in [2.24, 2.45) is 0 Å². The maximum absolute atomic E-state index is 2.88. The Morgan fingerprint density at radius 3 is 1.88 bits per heavy atom. The molecule has 2 aliphatic carbocycles. The van der Waals surface area contributed by atoms with Gasteiger partial charge in [-0.25, -0.2) is 0 Å². The summed E-state index contributed by atoms with van der Waals surface area (Å²) in [6, 6.07) is 18.4. The SMILES string of the molecule is C[SiH](C)[Ti]([CH3])([CH3])([C]1=CC=CC1)[CH]1c2ccccc2-c2ccccc21. The predicted molar refractivity (Wildman–Crippen MR) is 106 cm³/mol. The molecule has 0 fully saturated rings. The van der Waals surface area contributed by atoms with Crippen LogP contribution < -0.4 is 0 Å². The first-order valence-corrected chi connectivity index (χ1v) is 19.6. The van der Waals surface area contributed by atoms with Crippen LogP contribution >= 0.6 is 0 Å². The van der Waals surface area contributed by atoms with Crippen LogP contribution in [0.5, 0.6) is 0 Å². The molecule has 0 aromatic heterocycles. The number of benzene rings is 2. The van der Waals surface area contributed by atoms with Gasteiger partial charge in [-0.15, -0.1) is 0 Å². The fourth-order valence-electron chi connectivity index (χ4n) is 5.03. The van der Waals surface area contributed by atoms with E-state index in [1.165, 1.54) is 17.5 Å². The van der Waals surface area contributed by atoms with Crippen LogP contribution in [-0.4, -0.2) is 6.66 Å². The molecule has 0 amide bonds. The number of hydrogen-bond acceptors (Lipinski definition) is 0. The summed E-state index contributed by atoms with van der Waals surface area (Å²) in [5, 5.41) is 5.49. The topological polar surface area (TPSA) is 0 Å². The molecule has 123 valence electrons. The van der Waals surface area contributed by atoms with E-state index >= 15 is 0 Å². The zero-order chi connectivity index (χ0) is 17.0. The second-order valence-electron chi connectivity index (χ2n) is 8.70. The summed E-state index contributed by atoms with van der Waals surface area (Å²) in [7, 11) is 0. The van der Waals surface area contributed by atoms with Gasteiger partial charge in [-0.05, 0) is 0 Å². The van der Waals surface area contributed by atoms with Gasteiger partial charge in [0.05, 0.1) is 0 Å². The molecule has 0 bridgehead atoms. The van der Waals surface area contributed by atoms with Gasteiger partial charge >= 0.3 is 148 Å². The maximum atomic E-state index is 2.75. The predicted octanol–water partition coefficient (Wildman–Crippen LogP) is 6.37. The molecule has 0 nitrogen and oxygen atoms in total. The molecule has 0 saturated carbocycles. The second-order valence-corrected chi connectivity index (χ2v) is 33.8. The molecule has 0 aliphatic heterocycles. The first-order chi connectivity index (χ1) is 11.4. The van der Waals surface area contributed by atoms with Gasteiger partial charge in [0.15, 0.2) is 0 Å². The molecule has 0 atom stereocenters. The third-order valence-electron chi connectivity index (χ3n) is 7.28. The molecular formula is C22H27SiTi. The molecule has 0 saturated heterocycles. The molecule has 2 aliphatic rings. The van der Waals surface area contributed by atoms with Crippen LogP contribution in [0.2, 0.25) is 23.6 Å². The summed E-state index contributed by atoms with van der Waals surface area (Å²) in [5.41, 5.74) is 6.18. The van der Waals surface area contributed by atoms with Gasteiger partial charge in [-0.1, -0.05) is 0 Å². The summed E-state index contributed by atoms with van der Waals surface area (Å²) in [6.07, 6.45) is 8.34. The zero-order valence-corrected chi connectivity index (χ0v) is 17.9. The van der Waals surface area contributed by atoms with E-state index in [0.717, 1.165) is 0 Å². The van der Waals surface area contributed by atoms with Crippen molar-refractivity contribution < 1.29 is 14.6 Å². The van der Waals surface area contributed by atoms with Crippen LogP contribution in [0.4, 0.5) is 0 Å². The molecule has 4 rings (SSSR count). The Labute approximate surface area is 148 Å². The van der Waals surface area contributed by atoms with Crippen molar-refractivity contribution in [3.8, 4) is 11.1 Å². The van der Waals surface area contributed by atoms with Gasteiger partial charge in [0, 0.05) is 0 Å². The summed E-state index contributed by atoms with van der Waals surface area (Å²) in [4.78, 5) is 0. The Morgan fingerprint density at radius 2 is 1.42 bits per heavy atom. The summed E-state index contributed by atoms with van der Waals surface area (Å²) < 4.78 is 2.46. The minimum atomic E-state index is -2.88. The van der Waals surface area contributed by atoms with Gasteiger partial charge < -0.3 is 0 Å². The van der Waals surface area contributed by atoms with E-state index in [4.69, 9.17) is 0 Å². The van der Waals surface area contributed by atoms with Crippen molar-refractivity contribution in [1.82, 2.24) is 0 Å². The Balaban J connectivity index is 2.04. The zero-order valence-electron chi connectivity index (χ0n) is 15.2. The van der Waals surface area contributed by atoms with E-state index in [1.807, 2.05) is 3.88 Å². The van der Waals surface area contributed by atoms with Crippen molar-refractivity contribution in [2.45, 2.75) is 34.2 Å². The molecule has 0 unspecified atom stereocenters. The normalized spacial score (nSPS) is 18.2. The van der Waals surface area contributed by atoms with Crippen LogP contribution in [0.15, 0.2) is 70.6 Å². The third kappa shape index (κ3) is 2.02. The minimum absolute atomic E-state index is 0.646. The summed E-state index contributed by atoms with van der Waals surface area (Å²) in [6.45, 7) is 4.37. The first-order valence-electron chi connectivity index (χ1n) is 9.18. The quantitative estimate of drug-likeness (QED) is 0.553. The van der Waals surface area contributed by atoms with Crippen molar-refractivity contribution >= 4 is 6.66 Å². The third-order valence-corrected chi connectivity index (χ3v) is 37.9. The van der Waals surface area contributed by atoms with E-state index < -0.39 is 21.2 Å². The number of fused-ring (bicyclic) bond motifs is 3. The Hall–Kier alpha value is -1.15. The van der Waals surface area contributed by atoms with Crippen LogP contribution in [-0.2, 0) is 14.6 Å². The van der Waals surface area contributed by atoms with E-state index in [1.54, 1.807) is 11.1 Å². The van der Waals surface area contributed by atoms with Gasteiger partial charge in [-0.3, -0.25) is 0 Å². The van der Waals surface area contributed by atoms with Crippen molar-refractivity contribution in [1.29, 1.82) is 0 Å². The Kier molecular flexibility index (Phi) is 3.69. The van der Waals surface area contributed by atoms with Crippen LogP contribution in [0.1, 0.15) is 21.8 Å². The standard InChI is InChI=1S/C13H9.C5H5.C2H7Si.2CH3.Ti/c1-3-7-12-10(5-1)9-11-6-2-4-8-13(11)12;1-2-4-5-3-1;1-3-2;;;/h1-9H;1-3H,4H2;3H,1-2H3;2*1H3;. The van der Waals surface area contributed by atoms with Crippen molar-refractivity contribution in [2.75, 3.05) is 0 Å². The van der Waals surface area contributed by atoms with Crippen LogP contribution in [0.25, 0.3) is 11.1 Å². The first kappa shape index (κ1) is 16.3. The molecule has 0 heterocycles. The summed E-state index contributed by atoms with van der Waals surface area (Å²) in [5.74, 6) is 0. The number of allylic oxidation sites excluding steroid dienone is 4. The molecule has 2 aromatic carbocycles. The van der Waals surface area contributed by atoms with Gasteiger partial charge in [0.1, 0.15) is 0 Å². The molecular weight excluding hydrogens is 340 g/mol. The summed E-state index contributed by atoms with van der Waals surface area (Å²) >= 11 is -2.88. The average molecular weight is 367 g/mol. The molecule has 2 heteroatoms. The van der Waals surface area contributed by atoms with Crippen LogP contribution in [0, 0.1) is 0 Å². The van der Waals surface area contributed by atoms with Crippen molar-refractivity contribution in [3.05, 3.63) is 81.8 Å². The van der Waals surface area contributed by atoms with Crippen LogP contribution in [0.3, 0.4) is 0 Å². The van der Waals surface area contributed by atoms with Gasteiger partial charge in [0.2, 0.25) is 0 Å². The van der Waals surface area contributed by atoms with E-state index in [9.17, 15) is 0 Å². The number of rotatable bonds is 3. The van der Waals surface area contributed by atoms with E-state index in [-0.39, 0.29) is 0 Å². The average Bonchev–Trinajstić information content (AvgIpc) is 3.22. The molecule has 0 spiro atoms. The molecule has 0 N–H and O–H groups in total.